The number of carbonyl (C=O) groups excluding carboxylic acids is 2. The van der Waals surface area contributed by atoms with E-state index in [9.17, 15) is 22.8 Å². The van der Waals surface area contributed by atoms with Gasteiger partial charge in [-0.05, 0) is 31.5 Å². The van der Waals surface area contributed by atoms with Crippen molar-refractivity contribution < 1.29 is 22.8 Å². The normalized spacial score (nSPS) is 19.3. The van der Waals surface area contributed by atoms with Gasteiger partial charge in [0.25, 0.3) is 0 Å². The summed E-state index contributed by atoms with van der Waals surface area (Å²) in [7, 11) is 0. The molecule has 7 heteroatoms. The van der Waals surface area contributed by atoms with E-state index < -0.39 is 29.0 Å². The van der Waals surface area contributed by atoms with Crippen LogP contribution in [0.1, 0.15) is 19.3 Å². The highest BCUT2D eigenvalue weighted by Crippen LogP contribution is 2.20. The van der Waals surface area contributed by atoms with Gasteiger partial charge in [-0.2, -0.15) is 0 Å². The predicted molar refractivity (Wildman–Crippen MR) is 70.2 cm³/mol. The molecule has 114 valence electrons. The number of rotatable bonds is 4. The van der Waals surface area contributed by atoms with E-state index in [2.05, 4.69) is 5.32 Å². The molecule has 21 heavy (non-hydrogen) atoms. The molecule has 0 spiro atoms. The lowest BCUT2D eigenvalue weighted by Crippen LogP contribution is -2.44. The zero-order chi connectivity index (χ0) is 15.4. The van der Waals surface area contributed by atoms with Crippen LogP contribution < -0.4 is 5.32 Å². The van der Waals surface area contributed by atoms with Crippen LogP contribution in [0.2, 0.25) is 0 Å². The molecule has 1 fully saturated rings. The van der Waals surface area contributed by atoms with Gasteiger partial charge in [0.2, 0.25) is 5.91 Å². The Morgan fingerprint density at radius 1 is 1.29 bits per heavy atom. The predicted octanol–water partition coefficient (Wildman–Crippen LogP) is 2.10. The SMILES string of the molecule is O=CC1CCCCN1CC(=O)Nc1ccc(F)c(F)c1F. The van der Waals surface area contributed by atoms with E-state index in [1.54, 1.807) is 4.90 Å². The third-order valence-electron chi connectivity index (χ3n) is 3.48. The largest absolute Gasteiger partial charge is 0.322 e. The number of aldehydes is 1. The van der Waals surface area contributed by atoms with Crippen LogP contribution in [0.15, 0.2) is 12.1 Å². The maximum absolute atomic E-state index is 13.4. The fourth-order valence-corrected chi connectivity index (χ4v) is 2.36. The van der Waals surface area contributed by atoms with E-state index in [-0.39, 0.29) is 12.6 Å². The summed E-state index contributed by atoms with van der Waals surface area (Å²) in [5, 5.41) is 2.19. The van der Waals surface area contributed by atoms with Crippen molar-refractivity contribution in [2.75, 3.05) is 18.4 Å². The monoisotopic (exact) mass is 300 g/mol. The molecule has 1 saturated heterocycles. The third kappa shape index (κ3) is 3.60. The van der Waals surface area contributed by atoms with E-state index in [0.717, 1.165) is 31.3 Å². The quantitative estimate of drug-likeness (QED) is 0.684. The molecule has 0 bridgehead atoms. The maximum Gasteiger partial charge on any atom is 0.238 e. The Balaban J connectivity index is 2.01. The Morgan fingerprint density at radius 2 is 2.05 bits per heavy atom. The number of nitrogens with zero attached hydrogens (tertiary/aromatic N) is 1. The van der Waals surface area contributed by atoms with Crippen LogP contribution in [0, 0.1) is 17.5 Å². The maximum atomic E-state index is 13.4. The molecule has 1 aliphatic rings. The average Bonchev–Trinajstić information content (AvgIpc) is 2.48. The Kier molecular flexibility index (Phi) is 4.95. The van der Waals surface area contributed by atoms with Crippen LogP contribution in [-0.4, -0.2) is 36.2 Å². The molecule has 2 rings (SSSR count). The Hall–Kier alpha value is -1.89. The highest BCUT2D eigenvalue weighted by atomic mass is 19.2. The minimum Gasteiger partial charge on any atom is -0.322 e. The lowest BCUT2D eigenvalue weighted by Gasteiger charge is -2.31. The molecule has 0 radical (unpaired) electrons. The lowest BCUT2D eigenvalue weighted by atomic mass is 10.0. The Morgan fingerprint density at radius 3 is 2.76 bits per heavy atom. The summed E-state index contributed by atoms with van der Waals surface area (Å²) in [6.45, 7) is 0.499. The molecule has 0 saturated carbocycles. The molecule has 1 amide bonds. The van der Waals surface area contributed by atoms with Gasteiger partial charge in [0, 0.05) is 0 Å². The number of halogens is 3. The lowest BCUT2D eigenvalue weighted by molar-refractivity contribution is -0.120. The highest BCUT2D eigenvalue weighted by molar-refractivity contribution is 5.92. The van der Waals surface area contributed by atoms with Gasteiger partial charge in [0.1, 0.15) is 6.29 Å². The van der Waals surface area contributed by atoms with Gasteiger partial charge in [-0.15, -0.1) is 0 Å². The molecule has 4 nitrogen and oxygen atoms in total. The zero-order valence-electron chi connectivity index (χ0n) is 11.2. The van der Waals surface area contributed by atoms with Crippen LogP contribution in [-0.2, 0) is 9.59 Å². The Bertz CT molecular complexity index is 551. The number of amides is 1. The van der Waals surface area contributed by atoms with Gasteiger partial charge < -0.3 is 10.1 Å². The molecule has 1 aromatic rings. The second kappa shape index (κ2) is 6.71. The van der Waals surface area contributed by atoms with E-state index >= 15 is 0 Å². The van der Waals surface area contributed by atoms with Crippen molar-refractivity contribution in [3.8, 4) is 0 Å². The molecular formula is C14H15F3N2O2. The summed E-state index contributed by atoms with van der Waals surface area (Å²) in [6, 6.07) is 1.36. The van der Waals surface area contributed by atoms with Crippen molar-refractivity contribution in [1.29, 1.82) is 0 Å². The first kappa shape index (κ1) is 15.5. The smallest absolute Gasteiger partial charge is 0.238 e. The number of piperidine rings is 1. The first-order valence-corrected chi connectivity index (χ1v) is 6.65. The number of likely N-dealkylation sites (tertiary alicyclic amines) is 1. The van der Waals surface area contributed by atoms with Gasteiger partial charge in [-0.1, -0.05) is 6.42 Å². The van der Waals surface area contributed by atoms with Crippen LogP contribution in [0.5, 0.6) is 0 Å². The molecule has 1 atom stereocenters. The fraction of sp³-hybridized carbons (Fsp3) is 0.429. The zero-order valence-corrected chi connectivity index (χ0v) is 11.2. The molecule has 1 unspecified atom stereocenters. The van der Waals surface area contributed by atoms with E-state index in [1.165, 1.54) is 0 Å². The van der Waals surface area contributed by atoms with E-state index in [0.29, 0.717) is 13.0 Å². The number of hydrogen-bond donors (Lipinski definition) is 1. The van der Waals surface area contributed by atoms with Crippen molar-refractivity contribution in [2.24, 2.45) is 0 Å². The summed E-state index contributed by atoms with van der Waals surface area (Å²) >= 11 is 0. The number of benzene rings is 1. The van der Waals surface area contributed by atoms with E-state index in [1.807, 2.05) is 0 Å². The Labute approximate surface area is 119 Å². The minimum absolute atomic E-state index is 0.0954. The standard InChI is InChI=1S/C14H15F3N2O2/c15-10-4-5-11(14(17)13(10)16)18-12(21)7-19-6-2-1-3-9(19)8-20/h4-5,8-9H,1-3,6-7H2,(H,18,21). The molecule has 1 heterocycles. The third-order valence-corrected chi connectivity index (χ3v) is 3.48. The minimum atomic E-state index is -1.63. The average molecular weight is 300 g/mol. The van der Waals surface area contributed by atoms with Crippen molar-refractivity contribution >= 4 is 17.9 Å². The number of anilines is 1. The summed E-state index contributed by atoms with van der Waals surface area (Å²) in [5.41, 5.74) is -0.418. The van der Waals surface area contributed by atoms with E-state index in [4.69, 9.17) is 0 Å². The van der Waals surface area contributed by atoms with Crippen LogP contribution in [0.4, 0.5) is 18.9 Å². The van der Waals surface area contributed by atoms with Crippen LogP contribution in [0.3, 0.4) is 0 Å². The molecular weight excluding hydrogens is 285 g/mol. The summed E-state index contributed by atoms with van der Waals surface area (Å²) in [5.74, 6) is -4.96. The summed E-state index contributed by atoms with van der Waals surface area (Å²) < 4.78 is 39.3. The molecule has 0 aromatic heterocycles. The molecule has 1 aliphatic heterocycles. The van der Waals surface area contributed by atoms with Crippen LogP contribution >= 0.6 is 0 Å². The van der Waals surface area contributed by atoms with Crippen molar-refractivity contribution in [2.45, 2.75) is 25.3 Å². The number of hydrogen-bond acceptors (Lipinski definition) is 3. The number of carbonyl (C=O) groups is 2. The number of nitrogens with one attached hydrogen (secondary N) is 1. The molecule has 0 aliphatic carbocycles. The van der Waals surface area contributed by atoms with Crippen LogP contribution in [0.25, 0.3) is 0 Å². The van der Waals surface area contributed by atoms with Gasteiger partial charge in [0.05, 0.1) is 18.3 Å². The van der Waals surface area contributed by atoms with Gasteiger partial charge in [-0.3, -0.25) is 9.69 Å². The van der Waals surface area contributed by atoms with Gasteiger partial charge >= 0.3 is 0 Å². The van der Waals surface area contributed by atoms with Gasteiger partial charge in [-0.25, -0.2) is 13.2 Å². The second-order valence-electron chi connectivity index (χ2n) is 4.94. The topological polar surface area (TPSA) is 49.4 Å². The first-order chi connectivity index (χ1) is 10.0. The first-order valence-electron chi connectivity index (χ1n) is 6.65. The second-order valence-corrected chi connectivity index (χ2v) is 4.94. The molecule has 1 aromatic carbocycles. The summed E-state index contributed by atoms with van der Waals surface area (Å²) in [4.78, 5) is 24.4. The highest BCUT2D eigenvalue weighted by Gasteiger charge is 2.24. The fourth-order valence-electron chi connectivity index (χ4n) is 2.36. The van der Waals surface area contributed by atoms with Crippen molar-refractivity contribution in [3.63, 3.8) is 0 Å². The van der Waals surface area contributed by atoms with Crippen molar-refractivity contribution in [3.05, 3.63) is 29.6 Å². The molecule has 1 N–H and O–H groups in total. The summed E-state index contributed by atoms with van der Waals surface area (Å²) in [6.07, 6.45) is 3.25. The van der Waals surface area contributed by atoms with Gasteiger partial charge in [0.15, 0.2) is 17.5 Å². The van der Waals surface area contributed by atoms with Crippen molar-refractivity contribution in [1.82, 2.24) is 4.90 Å².